The van der Waals surface area contributed by atoms with Crippen LogP contribution in [0.5, 0.6) is 0 Å². The fourth-order valence-corrected chi connectivity index (χ4v) is 2.83. The van der Waals surface area contributed by atoms with Crippen LogP contribution in [-0.2, 0) is 9.59 Å². The van der Waals surface area contributed by atoms with Crippen molar-refractivity contribution in [3.8, 4) is 0 Å². The van der Waals surface area contributed by atoms with Crippen molar-refractivity contribution in [2.45, 2.75) is 38.6 Å². The number of hydrogen-bond donors (Lipinski definition) is 2. The van der Waals surface area contributed by atoms with Crippen LogP contribution in [-0.4, -0.2) is 51.5 Å². The minimum absolute atomic E-state index is 0.0109. The van der Waals surface area contributed by atoms with Crippen LogP contribution < -0.4 is 5.32 Å². The standard InChI is InChI=1S/C12H20N2O4S/c1-3-12(4-2,10(16)17)13-9(15)5-6-14-7-8-19-11(14)18/h3-8H2,1-2H3,(H,13,15)(H,16,17). The minimum Gasteiger partial charge on any atom is -0.480 e. The molecule has 6 nitrogen and oxygen atoms in total. The molecule has 2 N–H and O–H groups in total. The highest BCUT2D eigenvalue weighted by molar-refractivity contribution is 8.13. The summed E-state index contributed by atoms with van der Waals surface area (Å²) in [7, 11) is 0. The summed E-state index contributed by atoms with van der Waals surface area (Å²) >= 11 is 1.25. The van der Waals surface area contributed by atoms with Gasteiger partial charge in [0.25, 0.3) is 5.24 Å². The summed E-state index contributed by atoms with van der Waals surface area (Å²) in [5, 5.41) is 11.8. The predicted octanol–water partition coefficient (Wildman–Crippen LogP) is 1.30. The highest BCUT2D eigenvalue weighted by atomic mass is 32.2. The first-order valence-electron chi connectivity index (χ1n) is 6.41. The summed E-state index contributed by atoms with van der Waals surface area (Å²) < 4.78 is 0. The van der Waals surface area contributed by atoms with Gasteiger partial charge in [-0.05, 0) is 12.8 Å². The molecule has 0 aliphatic carbocycles. The Kier molecular flexibility index (Phi) is 5.65. The number of carbonyl (C=O) groups is 3. The van der Waals surface area contributed by atoms with Gasteiger partial charge in [-0.2, -0.15) is 0 Å². The zero-order valence-corrected chi connectivity index (χ0v) is 12.1. The third kappa shape index (κ3) is 3.86. The number of thioether (sulfide) groups is 1. The number of aliphatic carboxylic acids is 1. The van der Waals surface area contributed by atoms with E-state index in [0.717, 1.165) is 5.75 Å². The number of nitrogens with zero attached hydrogens (tertiary/aromatic N) is 1. The molecular weight excluding hydrogens is 268 g/mol. The van der Waals surface area contributed by atoms with Crippen LogP contribution in [0, 0.1) is 0 Å². The van der Waals surface area contributed by atoms with E-state index >= 15 is 0 Å². The number of carbonyl (C=O) groups excluding carboxylic acids is 2. The van der Waals surface area contributed by atoms with E-state index in [1.165, 1.54) is 11.8 Å². The van der Waals surface area contributed by atoms with E-state index in [1.807, 2.05) is 0 Å². The maximum Gasteiger partial charge on any atom is 0.329 e. The molecule has 0 unspecified atom stereocenters. The topological polar surface area (TPSA) is 86.7 Å². The molecule has 0 spiro atoms. The number of carboxylic acid groups (broad SMARTS) is 1. The SMILES string of the molecule is CCC(CC)(NC(=O)CCN1CCSC1=O)C(=O)O. The summed E-state index contributed by atoms with van der Waals surface area (Å²) in [5.74, 6) is -0.585. The summed E-state index contributed by atoms with van der Waals surface area (Å²) in [6.45, 7) is 4.47. The van der Waals surface area contributed by atoms with Gasteiger partial charge >= 0.3 is 5.97 Å². The second kappa shape index (κ2) is 6.79. The number of amides is 2. The lowest BCUT2D eigenvalue weighted by atomic mass is 9.93. The molecule has 0 saturated carbocycles. The minimum atomic E-state index is -1.19. The molecule has 108 valence electrons. The summed E-state index contributed by atoms with van der Waals surface area (Å²) in [6.07, 6.45) is 0.813. The van der Waals surface area contributed by atoms with Gasteiger partial charge < -0.3 is 15.3 Å². The number of rotatable bonds is 7. The molecule has 1 heterocycles. The highest BCUT2D eigenvalue weighted by Crippen LogP contribution is 2.18. The Balaban J connectivity index is 2.49. The van der Waals surface area contributed by atoms with Gasteiger partial charge in [-0.1, -0.05) is 25.6 Å². The van der Waals surface area contributed by atoms with Crippen molar-refractivity contribution in [3.63, 3.8) is 0 Å². The van der Waals surface area contributed by atoms with Crippen LogP contribution in [0.25, 0.3) is 0 Å². The van der Waals surface area contributed by atoms with E-state index in [2.05, 4.69) is 5.32 Å². The Labute approximate surface area is 116 Å². The van der Waals surface area contributed by atoms with Gasteiger partial charge in [-0.3, -0.25) is 9.59 Å². The van der Waals surface area contributed by atoms with Gasteiger partial charge in [0, 0.05) is 25.3 Å². The molecule has 1 fully saturated rings. The molecule has 0 aromatic heterocycles. The molecule has 0 aromatic rings. The third-order valence-electron chi connectivity index (χ3n) is 3.45. The van der Waals surface area contributed by atoms with Crippen molar-refractivity contribution in [3.05, 3.63) is 0 Å². The molecular formula is C12H20N2O4S. The fourth-order valence-electron chi connectivity index (χ4n) is 1.98. The van der Waals surface area contributed by atoms with E-state index in [-0.39, 0.29) is 17.6 Å². The average molecular weight is 288 g/mol. The van der Waals surface area contributed by atoms with Crippen LogP contribution in [0.2, 0.25) is 0 Å². The van der Waals surface area contributed by atoms with Gasteiger partial charge in [-0.25, -0.2) is 4.79 Å². The molecule has 2 amide bonds. The van der Waals surface area contributed by atoms with Crippen LogP contribution in [0.15, 0.2) is 0 Å². The maximum atomic E-state index is 11.8. The molecule has 19 heavy (non-hydrogen) atoms. The lowest BCUT2D eigenvalue weighted by molar-refractivity contribution is -0.148. The molecule has 0 bridgehead atoms. The van der Waals surface area contributed by atoms with Crippen LogP contribution in [0.1, 0.15) is 33.1 Å². The largest absolute Gasteiger partial charge is 0.480 e. The number of hydrogen-bond acceptors (Lipinski definition) is 4. The van der Waals surface area contributed by atoms with Crippen molar-refractivity contribution in [2.75, 3.05) is 18.8 Å². The third-order valence-corrected chi connectivity index (χ3v) is 4.34. The lowest BCUT2D eigenvalue weighted by Gasteiger charge is -2.28. The second-order valence-corrected chi connectivity index (χ2v) is 5.54. The lowest BCUT2D eigenvalue weighted by Crippen LogP contribution is -2.54. The van der Waals surface area contributed by atoms with Gasteiger partial charge in [-0.15, -0.1) is 0 Å². The molecule has 1 saturated heterocycles. The fraction of sp³-hybridized carbons (Fsp3) is 0.750. The van der Waals surface area contributed by atoms with Crippen LogP contribution in [0.3, 0.4) is 0 Å². The Morgan fingerprint density at radius 2 is 2.05 bits per heavy atom. The van der Waals surface area contributed by atoms with Crippen molar-refractivity contribution in [1.29, 1.82) is 0 Å². The summed E-state index contributed by atoms with van der Waals surface area (Å²) in [4.78, 5) is 36.0. The molecule has 0 radical (unpaired) electrons. The quantitative estimate of drug-likeness (QED) is 0.737. The second-order valence-electron chi connectivity index (χ2n) is 4.49. The van der Waals surface area contributed by atoms with Gasteiger partial charge in [0.05, 0.1) is 0 Å². The zero-order valence-electron chi connectivity index (χ0n) is 11.3. The molecule has 0 atom stereocenters. The molecule has 1 aliphatic heterocycles. The predicted molar refractivity (Wildman–Crippen MR) is 73.1 cm³/mol. The van der Waals surface area contributed by atoms with E-state index in [0.29, 0.717) is 25.9 Å². The van der Waals surface area contributed by atoms with E-state index in [9.17, 15) is 19.5 Å². The van der Waals surface area contributed by atoms with Crippen molar-refractivity contribution < 1.29 is 19.5 Å². The molecule has 0 aromatic carbocycles. The first-order chi connectivity index (χ1) is 8.95. The van der Waals surface area contributed by atoms with Gasteiger partial charge in [0.1, 0.15) is 5.54 Å². The van der Waals surface area contributed by atoms with E-state index < -0.39 is 11.5 Å². The highest BCUT2D eigenvalue weighted by Gasteiger charge is 2.36. The molecule has 1 rings (SSSR count). The average Bonchev–Trinajstić information content (AvgIpc) is 2.79. The Morgan fingerprint density at radius 3 is 2.47 bits per heavy atom. The van der Waals surface area contributed by atoms with E-state index in [1.54, 1.807) is 18.7 Å². The van der Waals surface area contributed by atoms with Crippen molar-refractivity contribution in [2.24, 2.45) is 0 Å². The monoisotopic (exact) mass is 288 g/mol. The van der Waals surface area contributed by atoms with Crippen LogP contribution in [0.4, 0.5) is 4.79 Å². The van der Waals surface area contributed by atoms with Crippen LogP contribution >= 0.6 is 11.8 Å². The van der Waals surface area contributed by atoms with Crippen molar-refractivity contribution >= 4 is 28.9 Å². The first kappa shape index (κ1) is 15.8. The van der Waals surface area contributed by atoms with Crippen molar-refractivity contribution in [1.82, 2.24) is 10.2 Å². The summed E-state index contributed by atoms with van der Waals surface area (Å²) in [6, 6.07) is 0. The normalized spacial score (nSPS) is 15.7. The Morgan fingerprint density at radius 1 is 1.42 bits per heavy atom. The first-order valence-corrected chi connectivity index (χ1v) is 7.40. The zero-order chi connectivity index (χ0) is 14.5. The Hall–Kier alpha value is -1.24. The van der Waals surface area contributed by atoms with Gasteiger partial charge in [0.15, 0.2) is 0 Å². The Bertz CT molecular complexity index is 369. The smallest absolute Gasteiger partial charge is 0.329 e. The molecule has 7 heteroatoms. The maximum absolute atomic E-state index is 11.8. The number of carboxylic acids is 1. The van der Waals surface area contributed by atoms with Gasteiger partial charge in [0.2, 0.25) is 5.91 Å². The van der Waals surface area contributed by atoms with E-state index in [4.69, 9.17) is 0 Å². The number of nitrogens with one attached hydrogen (secondary N) is 1. The summed E-state index contributed by atoms with van der Waals surface area (Å²) in [5.41, 5.74) is -1.19. The molecule has 1 aliphatic rings.